The molecule has 4 rings (SSSR count). The van der Waals surface area contributed by atoms with Crippen molar-refractivity contribution < 1.29 is 0 Å². The molecule has 19 heavy (non-hydrogen) atoms. The van der Waals surface area contributed by atoms with Crippen LogP contribution in [0.5, 0.6) is 0 Å². The maximum atomic E-state index is 8.68. The smallest absolute Gasteiger partial charge is 0.143 e. The second-order valence-corrected chi connectivity index (χ2v) is 5.43. The Bertz CT molecular complexity index is 695. The Morgan fingerprint density at radius 2 is 2.37 bits per heavy atom. The van der Waals surface area contributed by atoms with E-state index in [-0.39, 0.29) is 0 Å². The molecule has 2 atom stereocenters. The third kappa shape index (κ3) is 1.49. The Morgan fingerprint density at radius 3 is 3.26 bits per heavy atom. The van der Waals surface area contributed by atoms with Crippen LogP contribution in [0.1, 0.15) is 29.9 Å². The molecule has 1 aromatic heterocycles. The lowest BCUT2D eigenvalue weighted by molar-refractivity contribution is 0.345. The summed E-state index contributed by atoms with van der Waals surface area (Å²) >= 11 is 0. The lowest BCUT2D eigenvalue weighted by Crippen LogP contribution is -2.43. The predicted molar refractivity (Wildman–Crippen MR) is 74.0 cm³/mol. The molecule has 1 aliphatic heterocycles. The topological polar surface area (TPSA) is 65.7 Å². The summed E-state index contributed by atoms with van der Waals surface area (Å²) in [4.78, 5) is 2.92. The van der Waals surface area contributed by atoms with Gasteiger partial charge in [-0.25, -0.2) is 0 Å². The lowest BCUT2D eigenvalue weighted by atomic mass is 9.76. The maximum absolute atomic E-state index is 8.68. The summed E-state index contributed by atoms with van der Waals surface area (Å²) in [7, 11) is 0. The van der Waals surface area contributed by atoms with Crippen LogP contribution in [0.3, 0.4) is 0 Å². The number of nitrogens with one attached hydrogen (secondary N) is 1. The van der Waals surface area contributed by atoms with Crippen LogP contribution in [0.4, 0.5) is 0 Å². The molecular weight excluding hydrogens is 238 g/mol. The predicted octanol–water partition coefficient (Wildman–Crippen LogP) is 3.11. The summed E-state index contributed by atoms with van der Waals surface area (Å²) in [5, 5.41) is 8.71. The van der Waals surface area contributed by atoms with Crippen molar-refractivity contribution in [3.8, 4) is 0 Å². The van der Waals surface area contributed by atoms with Crippen molar-refractivity contribution in [1.82, 2.24) is 9.99 Å². The molecule has 0 unspecified atom stereocenters. The molecule has 0 saturated carbocycles. The number of hydrogen-bond acceptors (Lipinski definition) is 2. The number of benzene rings is 1. The largest absolute Gasteiger partial charge is 0.313 e. The highest BCUT2D eigenvalue weighted by molar-refractivity contribution is 5.89. The average Bonchev–Trinajstić information content (AvgIpc) is 2.79. The SMILES string of the molecule is [N-]=[N+]=Nn1cc2c3c(cccc31)[C@H]1CCCN[C@@H]1C2. The van der Waals surface area contributed by atoms with Gasteiger partial charge in [-0.3, -0.25) is 0 Å². The Hall–Kier alpha value is -1.97. The van der Waals surface area contributed by atoms with E-state index >= 15 is 0 Å². The normalized spacial score (nSPS) is 24.8. The van der Waals surface area contributed by atoms with Gasteiger partial charge in [0.05, 0.1) is 0 Å². The summed E-state index contributed by atoms with van der Waals surface area (Å²) in [6, 6.07) is 6.87. The maximum Gasteiger partial charge on any atom is 0.143 e. The quantitative estimate of drug-likeness (QED) is 0.473. The van der Waals surface area contributed by atoms with E-state index in [1.165, 1.54) is 29.4 Å². The van der Waals surface area contributed by atoms with Crippen molar-refractivity contribution in [2.24, 2.45) is 5.22 Å². The van der Waals surface area contributed by atoms with Gasteiger partial charge in [0.2, 0.25) is 0 Å². The fraction of sp³-hybridized carbons (Fsp3) is 0.429. The highest BCUT2D eigenvalue weighted by Gasteiger charge is 2.34. The molecular formula is C14H15N5. The van der Waals surface area contributed by atoms with Crippen LogP contribution in [-0.4, -0.2) is 17.3 Å². The van der Waals surface area contributed by atoms with Gasteiger partial charge in [-0.2, -0.15) is 9.59 Å². The minimum Gasteiger partial charge on any atom is -0.313 e. The third-order valence-corrected chi connectivity index (χ3v) is 4.48. The number of nitrogens with zero attached hydrogens (tertiary/aromatic N) is 4. The molecule has 0 radical (unpaired) electrons. The van der Waals surface area contributed by atoms with E-state index in [0.29, 0.717) is 12.0 Å². The highest BCUT2D eigenvalue weighted by atomic mass is 15.5. The first-order valence-electron chi connectivity index (χ1n) is 6.80. The fourth-order valence-electron chi connectivity index (χ4n) is 3.74. The van der Waals surface area contributed by atoms with Crippen LogP contribution in [0.25, 0.3) is 21.3 Å². The second-order valence-electron chi connectivity index (χ2n) is 5.43. The van der Waals surface area contributed by atoms with E-state index in [1.807, 2.05) is 12.3 Å². The molecule has 0 amide bonds. The summed E-state index contributed by atoms with van der Waals surface area (Å²) in [6.07, 6.45) is 5.51. The van der Waals surface area contributed by atoms with E-state index in [1.54, 1.807) is 4.68 Å². The zero-order valence-corrected chi connectivity index (χ0v) is 10.6. The second kappa shape index (κ2) is 4.02. The number of fused-ring (bicyclic) bond motifs is 2. The molecule has 2 aromatic rings. The average molecular weight is 253 g/mol. The first-order valence-corrected chi connectivity index (χ1v) is 6.80. The van der Waals surface area contributed by atoms with Crippen LogP contribution in [0.2, 0.25) is 0 Å². The van der Waals surface area contributed by atoms with Crippen LogP contribution >= 0.6 is 0 Å². The number of piperidine rings is 1. The molecule has 96 valence electrons. The number of rotatable bonds is 1. The van der Waals surface area contributed by atoms with E-state index < -0.39 is 0 Å². The van der Waals surface area contributed by atoms with E-state index in [4.69, 9.17) is 5.53 Å². The Balaban J connectivity index is 1.99. The number of hydrogen-bond donors (Lipinski definition) is 1. The fourth-order valence-corrected chi connectivity index (χ4v) is 3.74. The van der Waals surface area contributed by atoms with Gasteiger partial charge in [-0.05, 0) is 42.7 Å². The summed E-state index contributed by atoms with van der Waals surface area (Å²) in [5.41, 5.74) is 12.4. The van der Waals surface area contributed by atoms with Crippen LogP contribution < -0.4 is 5.32 Å². The van der Waals surface area contributed by atoms with Crippen molar-refractivity contribution in [3.05, 3.63) is 46.0 Å². The van der Waals surface area contributed by atoms with Gasteiger partial charge in [0, 0.05) is 22.9 Å². The summed E-state index contributed by atoms with van der Waals surface area (Å²) < 4.78 is 1.67. The van der Waals surface area contributed by atoms with Gasteiger partial charge >= 0.3 is 0 Å². The van der Waals surface area contributed by atoms with E-state index in [2.05, 4.69) is 27.6 Å². The van der Waals surface area contributed by atoms with Crippen molar-refractivity contribution in [2.75, 3.05) is 6.54 Å². The molecule has 0 bridgehead atoms. The van der Waals surface area contributed by atoms with Gasteiger partial charge in [0.15, 0.2) is 0 Å². The van der Waals surface area contributed by atoms with Crippen molar-refractivity contribution in [2.45, 2.75) is 31.2 Å². The standard InChI is InChI=1S/C14H15N5/c15-17-18-19-8-9-7-12-10(4-2-6-16-12)11-3-1-5-13(19)14(9)11/h1,3,5,8,10,12,16H,2,4,6-7H2/t10-,12-/m1/s1. The van der Waals surface area contributed by atoms with Crippen molar-refractivity contribution >= 4 is 10.9 Å². The molecule has 2 heterocycles. The molecule has 0 spiro atoms. The van der Waals surface area contributed by atoms with Gasteiger partial charge in [-0.1, -0.05) is 12.1 Å². The summed E-state index contributed by atoms with van der Waals surface area (Å²) in [5.74, 6) is 0.604. The number of azide groups is 1. The lowest BCUT2D eigenvalue weighted by Gasteiger charge is -2.36. The molecule has 5 nitrogen and oxygen atoms in total. The molecule has 1 aliphatic carbocycles. The van der Waals surface area contributed by atoms with Gasteiger partial charge in [-0.15, -0.1) is 5.53 Å². The van der Waals surface area contributed by atoms with Crippen LogP contribution in [0.15, 0.2) is 29.6 Å². The van der Waals surface area contributed by atoms with E-state index in [9.17, 15) is 0 Å². The van der Waals surface area contributed by atoms with Gasteiger partial charge < -0.3 is 5.32 Å². The molecule has 2 aliphatic rings. The minimum absolute atomic E-state index is 0.536. The zero-order chi connectivity index (χ0) is 12.8. The Kier molecular flexibility index (Phi) is 2.31. The molecule has 1 N–H and O–H groups in total. The Morgan fingerprint density at radius 1 is 1.42 bits per heavy atom. The molecule has 1 saturated heterocycles. The molecule has 5 heteroatoms. The monoisotopic (exact) mass is 253 g/mol. The number of aromatic nitrogens is 1. The van der Waals surface area contributed by atoms with Crippen molar-refractivity contribution in [1.29, 1.82) is 0 Å². The molecule has 1 aromatic carbocycles. The minimum atomic E-state index is 0.536. The van der Waals surface area contributed by atoms with Crippen molar-refractivity contribution in [3.63, 3.8) is 0 Å². The first kappa shape index (κ1) is 10.9. The van der Waals surface area contributed by atoms with E-state index in [0.717, 1.165) is 18.5 Å². The highest BCUT2D eigenvalue weighted by Crippen LogP contribution is 2.41. The third-order valence-electron chi connectivity index (χ3n) is 4.48. The van der Waals surface area contributed by atoms with Crippen LogP contribution in [0, 0.1) is 0 Å². The first-order chi connectivity index (χ1) is 9.38. The molecule has 1 fully saturated rings. The van der Waals surface area contributed by atoms with Gasteiger partial charge in [0.25, 0.3) is 0 Å². The zero-order valence-electron chi connectivity index (χ0n) is 10.6. The Labute approximate surface area is 110 Å². The summed E-state index contributed by atoms with van der Waals surface area (Å²) in [6.45, 7) is 1.11. The van der Waals surface area contributed by atoms with Gasteiger partial charge in [0.1, 0.15) is 11.7 Å². The van der Waals surface area contributed by atoms with Crippen LogP contribution in [-0.2, 0) is 6.42 Å².